The topological polar surface area (TPSA) is 71.1 Å². The van der Waals surface area contributed by atoms with Gasteiger partial charge in [-0.2, -0.15) is 0 Å². The summed E-state index contributed by atoms with van der Waals surface area (Å²) in [7, 11) is -3.81. The molecule has 1 heterocycles. The summed E-state index contributed by atoms with van der Waals surface area (Å²) >= 11 is 7.67. The lowest BCUT2D eigenvalue weighted by Gasteiger charge is -2.30. The quantitative estimate of drug-likeness (QED) is 0.395. The third-order valence-electron chi connectivity index (χ3n) is 5.53. The SMILES string of the molecule is Cc1ccc(-c2sc(NC(C)(C)C(C)C)nc2C)cc1S(=O)(=O)Nc1ccccc1Cl. The van der Waals surface area contributed by atoms with Crippen LogP contribution in [0.4, 0.5) is 10.8 Å². The predicted octanol–water partition coefficient (Wildman–Crippen LogP) is 6.73. The van der Waals surface area contributed by atoms with Gasteiger partial charge in [-0.15, -0.1) is 0 Å². The van der Waals surface area contributed by atoms with Crippen molar-refractivity contribution in [2.45, 2.75) is 52.0 Å². The summed E-state index contributed by atoms with van der Waals surface area (Å²) in [5, 5.41) is 4.68. The molecule has 166 valence electrons. The second-order valence-electron chi connectivity index (χ2n) is 8.50. The van der Waals surface area contributed by atoms with Crippen molar-refractivity contribution >= 4 is 43.8 Å². The van der Waals surface area contributed by atoms with E-state index >= 15 is 0 Å². The second-order valence-corrected chi connectivity index (χ2v) is 11.6. The van der Waals surface area contributed by atoms with Crippen molar-refractivity contribution in [1.82, 2.24) is 4.98 Å². The first-order chi connectivity index (χ1) is 14.4. The molecule has 0 unspecified atom stereocenters. The molecule has 31 heavy (non-hydrogen) atoms. The van der Waals surface area contributed by atoms with Gasteiger partial charge >= 0.3 is 0 Å². The Morgan fingerprint density at radius 1 is 1.10 bits per heavy atom. The highest BCUT2D eigenvalue weighted by Crippen LogP contribution is 2.36. The van der Waals surface area contributed by atoms with Gasteiger partial charge in [-0.3, -0.25) is 4.72 Å². The van der Waals surface area contributed by atoms with Gasteiger partial charge in [0.05, 0.1) is 26.2 Å². The molecule has 0 radical (unpaired) electrons. The maximum atomic E-state index is 13.1. The molecule has 0 saturated heterocycles. The van der Waals surface area contributed by atoms with Crippen LogP contribution < -0.4 is 10.0 Å². The van der Waals surface area contributed by atoms with Crippen LogP contribution in [0.3, 0.4) is 0 Å². The minimum Gasteiger partial charge on any atom is -0.356 e. The summed E-state index contributed by atoms with van der Waals surface area (Å²) in [4.78, 5) is 5.83. The van der Waals surface area contributed by atoms with Crippen molar-refractivity contribution in [3.63, 3.8) is 0 Å². The fourth-order valence-corrected chi connectivity index (χ4v) is 5.63. The van der Waals surface area contributed by atoms with E-state index in [0.29, 0.717) is 22.2 Å². The number of aryl methyl sites for hydroxylation is 2. The van der Waals surface area contributed by atoms with Gasteiger partial charge in [-0.1, -0.05) is 61.1 Å². The Morgan fingerprint density at radius 2 is 1.77 bits per heavy atom. The van der Waals surface area contributed by atoms with E-state index in [1.807, 2.05) is 19.1 Å². The summed E-state index contributed by atoms with van der Waals surface area (Å²) < 4.78 is 28.8. The van der Waals surface area contributed by atoms with Gasteiger partial charge in [-0.25, -0.2) is 13.4 Å². The van der Waals surface area contributed by atoms with Gasteiger partial charge in [0.1, 0.15) is 0 Å². The highest BCUT2D eigenvalue weighted by Gasteiger charge is 2.25. The zero-order valence-corrected chi connectivity index (χ0v) is 21.0. The average Bonchev–Trinajstić information content (AvgIpc) is 3.03. The molecule has 0 aliphatic carbocycles. The lowest BCUT2D eigenvalue weighted by molar-refractivity contribution is 0.407. The molecular formula is C23H28ClN3O2S2. The minimum absolute atomic E-state index is 0.109. The summed E-state index contributed by atoms with van der Waals surface area (Å²) in [5.74, 6) is 0.423. The number of aromatic nitrogens is 1. The number of nitrogens with zero attached hydrogens (tertiary/aromatic N) is 1. The third kappa shape index (κ3) is 5.22. The molecule has 3 rings (SSSR count). The van der Waals surface area contributed by atoms with E-state index < -0.39 is 10.0 Å². The van der Waals surface area contributed by atoms with Gasteiger partial charge in [0, 0.05) is 5.54 Å². The Hall–Kier alpha value is -2.09. The first-order valence-electron chi connectivity index (χ1n) is 10.0. The van der Waals surface area contributed by atoms with Crippen LogP contribution in [0.15, 0.2) is 47.4 Å². The van der Waals surface area contributed by atoms with E-state index in [2.05, 4.69) is 42.7 Å². The molecule has 8 heteroatoms. The lowest BCUT2D eigenvalue weighted by atomic mass is 9.91. The van der Waals surface area contributed by atoms with Crippen LogP contribution in [-0.2, 0) is 10.0 Å². The van der Waals surface area contributed by atoms with Gasteiger partial charge < -0.3 is 5.32 Å². The van der Waals surface area contributed by atoms with Crippen molar-refractivity contribution in [2.24, 2.45) is 5.92 Å². The smallest absolute Gasteiger partial charge is 0.262 e. The molecule has 0 amide bonds. The van der Waals surface area contributed by atoms with Crippen LogP contribution in [-0.4, -0.2) is 18.9 Å². The minimum atomic E-state index is -3.81. The zero-order valence-electron chi connectivity index (χ0n) is 18.6. The average molecular weight is 478 g/mol. The van der Waals surface area contributed by atoms with Crippen molar-refractivity contribution in [3.05, 3.63) is 58.7 Å². The largest absolute Gasteiger partial charge is 0.356 e. The Bertz CT molecular complexity index is 1200. The standard InChI is InChI=1S/C23H28ClN3O2S2/c1-14(2)23(5,6)26-22-25-16(4)21(30-22)17-12-11-15(3)20(13-17)31(28,29)27-19-10-8-7-9-18(19)24/h7-14,27H,1-6H3,(H,25,26). The fourth-order valence-electron chi connectivity index (χ4n) is 2.91. The van der Waals surface area contributed by atoms with E-state index in [0.717, 1.165) is 21.3 Å². The number of para-hydroxylation sites is 1. The Labute approximate surface area is 193 Å². The highest BCUT2D eigenvalue weighted by molar-refractivity contribution is 7.92. The number of halogens is 1. The summed E-state index contributed by atoms with van der Waals surface area (Å²) in [6.07, 6.45) is 0. The van der Waals surface area contributed by atoms with E-state index in [9.17, 15) is 8.42 Å². The van der Waals surface area contributed by atoms with Crippen molar-refractivity contribution in [1.29, 1.82) is 0 Å². The molecule has 0 atom stereocenters. The molecule has 0 aliphatic heterocycles. The monoisotopic (exact) mass is 477 g/mol. The van der Waals surface area contributed by atoms with E-state index in [4.69, 9.17) is 11.6 Å². The van der Waals surface area contributed by atoms with Gasteiger partial charge in [-0.05, 0) is 62.9 Å². The molecule has 0 fully saturated rings. The van der Waals surface area contributed by atoms with Gasteiger partial charge in [0.15, 0.2) is 5.13 Å². The molecule has 1 aromatic heterocycles. The van der Waals surface area contributed by atoms with Gasteiger partial charge in [0.25, 0.3) is 10.0 Å². The highest BCUT2D eigenvalue weighted by atomic mass is 35.5. The van der Waals surface area contributed by atoms with Crippen LogP contribution >= 0.6 is 22.9 Å². The number of rotatable bonds is 7. The maximum Gasteiger partial charge on any atom is 0.262 e. The summed E-state index contributed by atoms with van der Waals surface area (Å²) in [6.45, 7) is 12.3. The van der Waals surface area contributed by atoms with Crippen LogP contribution in [0.5, 0.6) is 0 Å². The maximum absolute atomic E-state index is 13.1. The predicted molar refractivity (Wildman–Crippen MR) is 132 cm³/mol. The van der Waals surface area contributed by atoms with Crippen LogP contribution in [0.1, 0.15) is 39.0 Å². The molecule has 2 aromatic carbocycles. The molecule has 5 nitrogen and oxygen atoms in total. The third-order valence-corrected chi connectivity index (χ3v) is 8.49. The van der Waals surface area contributed by atoms with Crippen molar-refractivity contribution in [3.8, 4) is 10.4 Å². The second kappa shape index (κ2) is 8.81. The van der Waals surface area contributed by atoms with Crippen LogP contribution in [0.2, 0.25) is 5.02 Å². The molecule has 3 aromatic rings. The first-order valence-corrected chi connectivity index (χ1v) is 12.7. The number of nitrogens with one attached hydrogen (secondary N) is 2. The van der Waals surface area contributed by atoms with Crippen molar-refractivity contribution in [2.75, 3.05) is 10.0 Å². The molecule has 2 N–H and O–H groups in total. The van der Waals surface area contributed by atoms with E-state index in [1.54, 1.807) is 37.3 Å². The fraction of sp³-hybridized carbons (Fsp3) is 0.348. The Kier molecular flexibility index (Phi) is 6.69. The molecule has 0 aliphatic rings. The first kappa shape index (κ1) is 23.6. The van der Waals surface area contributed by atoms with Crippen LogP contribution in [0, 0.1) is 19.8 Å². The van der Waals surface area contributed by atoms with Crippen molar-refractivity contribution < 1.29 is 8.42 Å². The number of anilines is 2. The lowest BCUT2D eigenvalue weighted by Crippen LogP contribution is -2.36. The molecular weight excluding hydrogens is 450 g/mol. The van der Waals surface area contributed by atoms with E-state index in [1.165, 1.54) is 11.3 Å². The molecule has 0 saturated carbocycles. The van der Waals surface area contributed by atoms with Gasteiger partial charge in [0.2, 0.25) is 0 Å². The number of benzene rings is 2. The summed E-state index contributed by atoms with van der Waals surface area (Å²) in [5.41, 5.74) is 2.58. The molecule has 0 spiro atoms. The number of thiazole rings is 1. The Balaban J connectivity index is 1.97. The zero-order chi connectivity index (χ0) is 23.0. The van der Waals surface area contributed by atoms with Crippen LogP contribution in [0.25, 0.3) is 10.4 Å². The van der Waals surface area contributed by atoms with E-state index in [-0.39, 0.29) is 10.4 Å². The normalized spacial score (nSPS) is 12.3. The Morgan fingerprint density at radius 3 is 2.42 bits per heavy atom. The number of hydrogen-bond acceptors (Lipinski definition) is 5. The number of hydrogen-bond donors (Lipinski definition) is 2. The summed E-state index contributed by atoms with van der Waals surface area (Å²) in [6, 6.07) is 12.2. The number of sulfonamides is 1. The molecule has 0 bridgehead atoms.